The third-order valence-corrected chi connectivity index (χ3v) is 4.69. The van der Waals surface area contributed by atoms with Crippen LogP contribution in [0.4, 0.5) is 11.4 Å². The number of nitrogens with one attached hydrogen (secondary N) is 3. The van der Waals surface area contributed by atoms with Crippen LogP contribution in [0.25, 0.3) is 0 Å². The molecule has 0 spiro atoms. The summed E-state index contributed by atoms with van der Waals surface area (Å²) in [5.41, 5.74) is 3.55. The molecule has 152 valence electrons. The number of benzene rings is 3. The van der Waals surface area contributed by atoms with Gasteiger partial charge in [0.15, 0.2) is 5.11 Å². The van der Waals surface area contributed by atoms with E-state index in [-0.39, 0.29) is 16.9 Å². The SMILES string of the molecule is CC(C)c1ccc(C(=O)NC(=S)Nc2cccc(NC(=O)c3ccccc3)c2)cc1. The molecule has 3 aromatic rings. The van der Waals surface area contributed by atoms with Crippen LogP contribution >= 0.6 is 12.2 Å². The van der Waals surface area contributed by atoms with E-state index in [9.17, 15) is 9.59 Å². The van der Waals surface area contributed by atoms with E-state index < -0.39 is 0 Å². The minimum Gasteiger partial charge on any atom is -0.332 e. The fourth-order valence-electron chi connectivity index (χ4n) is 2.82. The predicted octanol–water partition coefficient (Wildman–Crippen LogP) is 5.19. The van der Waals surface area contributed by atoms with Gasteiger partial charge >= 0.3 is 0 Å². The Balaban J connectivity index is 1.59. The third kappa shape index (κ3) is 5.75. The van der Waals surface area contributed by atoms with Gasteiger partial charge in [-0.2, -0.15) is 0 Å². The van der Waals surface area contributed by atoms with Gasteiger partial charge in [0.25, 0.3) is 11.8 Å². The van der Waals surface area contributed by atoms with E-state index in [2.05, 4.69) is 29.8 Å². The molecule has 0 radical (unpaired) electrons. The Hall–Kier alpha value is -3.51. The molecule has 0 aliphatic heterocycles. The molecule has 0 aliphatic carbocycles. The van der Waals surface area contributed by atoms with Gasteiger partial charge in [0, 0.05) is 22.5 Å². The van der Waals surface area contributed by atoms with Crippen molar-refractivity contribution in [1.29, 1.82) is 0 Å². The lowest BCUT2D eigenvalue weighted by Gasteiger charge is -2.12. The van der Waals surface area contributed by atoms with E-state index in [1.54, 1.807) is 48.5 Å². The van der Waals surface area contributed by atoms with Gasteiger partial charge in [-0.25, -0.2) is 0 Å². The maximum Gasteiger partial charge on any atom is 0.257 e. The van der Waals surface area contributed by atoms with E-state index in [4.69, 9.17) is 12.2 Å². The number of amides is 2. The van der Waals surface area contributed by atoms with Gasteiger partial charge in [0.1, 0.15) is 0 Å². The highest BCUT2D eigenvalue weighted by Crippen LogP contribution is 2.17. The van der Waals surface area contributed by atoms with Gasteiger partial charge in [-0.05, 0) is 66.2 Å². The standard InChI is InChI=1S/C24H23N3O2S/c1-16(2)17-11-13-19(14-12-17)23(29)27-24(30)26-21-10-6-9-20(15-21)25-22(28)18-7-4-3-5-8-18/h3-16H,1-2H3,(H,25,28)(H2,26,27,29,30). The highest BCUT2D eigenvalue weighted by Gasteiger charge is 2.10. The van der Waals surface area contributed by atoms with Crippen molar-refractivity contribution in [2.24, 2.45) is 0 Å². The smallest absolute Gasteiger partial charge is 0.257 e. The van der Waals surface area contributed by atoms with E-state index in [1.807, 2.05) is 30.3 Å². The normalized spacial score (nSPS) is 10.4. The summed E-state index contributed by atoms with van der Waals surface area (Å²) in [5, 5.41) is 8.67. The van der Waals surface area contributed by atoms with Crippen molar-refractivity contribution in [2.45, 2.75) is 19.8 Å². The molecule has 6 heteroatoms. The zero-order valence-corrected chi connectivity index (χ0v) is 17.6. The molecule has 0 fully saturated rings. The molecule has 0 saturated carbocycles. The number of anilines is 2. The van der Waals surface area contributed by atoms with Gasteiger partial charge in [-0.3, -0.25) is 14.9 Å². The molecule has 30 heavy (non-hydrogen) atoms. The second-order valence-corrected chi connectivity index (χ2v) is 7.49. The molecule has 3 rings (SSSR count). The van der Waals surface area contributed by atoms with E-state index in [1.165, 1.54) is 5.56 Å². The van der Waals surface area contributed by atoms with Crippen LogP contribution in [-0.4, -0.2) is 16.9 Å². The first-order valence-electron chi connectivity index (χ1n) is 9.61. The summed E-state index contributed by atoms with van der Waals surface area (Å²) in [5.74, 6) is -0.0793. The summed E-state index contributed by atoms with van der Waals surface area (Å²) in [6.07, 6.45) is 0. The van der Waals surface area contributed by atoms with E-state index in [0.717, 1.165) is 0 Å². The van der Waals surface area contributed by atoms with Gasteiger partial charge < -0.3 is 10.6 Å². The number of hydrogen-bond donors (Lipinski definition) is 3. The predicted molar refractivity (Wildman–Crippen MR) is 125 cm³/mol. The lowest BCUT2D eigenvalue weighted by atomic mass is 10.0. The first-order valence-corrected chi connectivity index (χ1v) is 10.0. The lowest BCUT2D eigenvalue weighted by Crippen LogP contribution is -2.34. The van der Waals surface area contributed by atoms with Crippen molar-refractivity contribution in [3.63, 3.8) is 0 Å². The molecule has 3 aromatic carbocycles. The Kier molecular flexibility index (Phi) is 6.93. The Morgan fingerprint density at radius 3 is 1.97 bits per heavy atom. The Morgan fingerprint density at radius 1 is 0.733 bits per heavy atom. The largest absolute Gasteiger partial charge is 0.332 e. The minimum absolute atomic E-state index is 0.180. The molecule has 3 N–H and O–H groups in total. The molecular formula is C24H23N3O2S. The summed E-state index contributed by atoms with van der Waals surface area (Å²) in [6.45, 7) is 4.20. The van der Waals surface area contributed by atoms with E-state index in [0.29, 0.717) is 28.4 Å². The van der Waals surface area contributed by atoms with Crippen LogP contribution in [0.15, 0.2) is 78.9 Å². The van der Waals surface area contributed by atoms with Gasteiger partial charge in [-0.15, -0.1) is 0 Å². The van der Waals surface area contributed by atoms with Crippen molar-refractivity contribution < 1.29 is 9.59 Å². The third-order valence-electron chi connectivity index (χ3n) is 4.48. The molecule has 2 amide bonds. The monoisotopic (exact) mass is 417 g/mol. The first kappa shape index (κ1) is 21.2. The fourth-order valence-corrected chi connectivity index (χ4v) is 3.04. The highest BCUT2D eigenvalue weighted by atomic mass is 32.1. The molecule has 0 saturated heterocycles. The van der Waals surface area contributed by atoms with Crippen molar-refractivity contribution in [2.75, 3.05) is 10.6 Å². The van der Waals surface area contributed by atoms with Crippen LogP contribution in [0.5, 0.6) is 0 Å². The molecule has 0 aromatic heterocycles. The van der Waals surface area contributed by atoms with Crippen LogP contribution in [-0.2, 0) is 0 Å². The summed E-state index contributed by atoms with van der Waals surface area (Å²) in [4.78, 5) is 24.7. The average molecular weight is 418 g/mol. The molecular weight excluding hydrogens is 394 g/mol. The summed E-state index contributed by atoms with van der Waals surface area (Å²) in [7, 11) is 0. The number of rotatable bonds is 5. The summed E-state index contributed by atoms with van der Waals surface area (Å²) >= 11 is 5.26. The second kappa shape index (κ2) is 9.80. The van der Waals surface area contributed by atoms with Crippen LogP contribution in [0.1, 0.15) is 46.0 Å². The number of carbonyl (C=O) groups excluding carboxylic acids is 2. The maximum absolute atomic E-state index is 12.4. The Bertz CT molecular complexity index is 1050. The summed E-state index contributed by atoms with van der Waals surface area (Å²) < 4.78 is 0. The zero-order valence-electron chi connectivity index (χ0n) is 16.8. The molecule has 0 atom stereocenters. The van der Waals surface area contributed by atoms with Crippen LogP contribution < -0.4 is 16.0 Å². The van der Waals surface area contributed by atoms with E-state index >= 15 is 0 Å². The van der Waals surface area contributed by atoms with Crippen molar-refractivity contribution in [3.05, 3.63) is 95.6 Å². The minimum atomic E-state index is -0.281. The molecule has 0 unspecified atom stereocenters. The first-order chi connectivity index (χ1) is 14.4. The molecule has 0 bridgehead atoms. The highest BCUT2D eigenvalue weighted by molar-refractivity contribution is 7.80. The maximum atomic E-state index is 12.4. The van der Waals surface area contributed by atoms with Crippen LogP contribution in [0.3, 0.4) is 0 Å². The fraction of sp³-hybridized carbons (Fsp3) is 0.125. The van der Waals surface area contributed by atoms with Crippen LogP contribution in [0.2, 0.25) is 0 Å². The Labute approximate surface area is 181 Å². The molecule has 5 nitrogen and oxygen atoms in total. The quantitative estimate of drug-likeness (QED) is 0.500. The molecule has 0 aliphatic rings. The van der Waals surface area contributed by atoms with Crippen molar-refractivity contribution in [1.82, 2.24) is 5.32 Å². The number of hydrogen-bond acceptors (Lipinski definition) is 3. The molecule has 0 heterocycles. The average Bonchev–Trinajstić information content (AvgIpc) is 2.74. The van der Waals surface area contributed by atoms with Gasteiger partial charge in [0.2, 0.25) is 0 Å². The summed E-state index contributed by atoms with van der Waals surface area (Å²) in [6, 6.07) is 23.5. The second-order valence-electron chi connectivity index (χ2n) is 7.09. The number of carbonyl (C=O) groups is 2. The van der Waals surface area contributed by atoms with Gasteiger partial charge in [-0.1, -0.05) is 50.2 Å². The topological polar surface area (TPSA) is 70.2 Å². The van der Waals surface area contributed by atoms with Gasteiger partial charge in [0.05, 0.1) is 0 Å². The van der Waals surface area contributed by atoms with Crippen LogP contribution in [0, 0.1) is 0 Å². The number of thiocarbonyl (C=S) groups is 1. The Morgan fingerprint density at radius 2 is 1.33 bits per heavy atom. The lowest BCUT2D eigenvalue weighted by molar-refractivity contribution is 0.0976. The zero-order chi connectivity index (χ0) is 21.5. The van der Waals surface area contributed by atoms with Crippen molar-refractivity contribution >= 4 is 40.5 Å². The van der Waals surface area contributed by atoms with Crippen molar-refractivity contribution in [3.8, 4) is 0 Å².